The van der Waals surface area contributed by atoms with E-state index in [0.717, 1.165) is 0 Å². The van der Waals surface area contributed by atoms with Crippen molar-refractivity contribution in [2.75, 3.05) is 13.7 Å². The van der Waals surface area contributed by atoms with Gasteiger partial charge in [-0.05, 0) is 18.1 Å². The molecule has 1 aliphatic heterocycles. The highest BCUT2D eigenvalue weighted by atomic mass is 28.4. The summed E-state index contributed by atoms with van der Waals surface area (Å²) < 4.78 is 24.8. The fourth-order valence-electron chi connectivity index (χ4n) is 2.31. The zero-order chi connectivity index (χ0) is 20.1. The van der Waals surface area contributed by atoms with Crippen LogP contribution in [-0.4, -0.2) is 72.5 Å². The number of aliphatic hydroxyl groups excluding tert-OH is 1. The van der Waals surface area contributed by atoms with Gasteiger partial charge >= 0.3 is 5.97 Å². The van der Waals surface area contributed by atoms with Gasteiger partial charge < -0.3 is 24.3 Å². The van der Waals surface area contributed by atoms with E-state index in [4.69, 9.17) is 20.4 Å². The number of hydrogen-bond donors (Lipinski definition) is 2. The Kier molecular flexibility index (Phi) is 7.07. The van der Waals surface area contributed by atoms with E-state index < -0.39 is 26.5 Å². The van der Waals surface area contributed by atoms with Crippen molar-refractivity contribution in [3.63, 3.8) is 0 Å². The number of carbonyl (C=O) groups is 2. The largest absolute Gasteiger partial charge is 0.463 e. The predicted octanol–water partition coefficient (Wildman–Crippen LogP) is 0.165. The Bertz CT molecular complexity index is 502. The van der Waals surface area contributed by atoms with E-state index in [9.17, 15) is 9.59 Å². The molecule has 0 aromatic heterocycles. The first kappa shape index (κ1) is 20.4. The molecule has 0 aliphatic carbocycles. The molecule has 1 fully saturated rings. The lowest BCUT2D eigenvalue weighted by atomic mass is 9.93. The molecule has 0 spiro atoms. The van der Waals surface area contributed by atoms with Crippen LogP contribution in [0.5, 0.6) is 0 Å². The van der Waals surface area contributed by atoms with Crippen molar-refractivity contribution in [2.45, 2.75) is 76.1 Å². The fourth-order valence-corrected chi connectivity index (χ4v) is 3.67. The van der Waals surface area contributed by atoms with E-state index in [0.29, 0.717) is 0 Å². The van der Waals surface area contributed by atoms with Gasteiger partial charge in [0.05, 0.1) is 18.5 Å². The summed E-state index contributed by atoms with van der Waals surface area (Å²) in [4.78, 5) is 22.9. The van der Waals surface area contributed by atoms with E-state index in [2.05, 4.69) is 39.2 Å². The summed E-state index contributed by atoms with van der Waals surface area (Å²) in [5.74, 6) is -0.703. The SMILES string of the molecule is [2H]O[C@@H]1C(O[Si](C)(C)C(C)(C)C)[C@H](B)O[C@@H]1COC(=O)CCC(=O)NC. The van der Waals surface area contributed by atoms with Gasteiger partial charge in [-0.15, -0.1) is 0 Å². The van der Waals surface area contributed by atoms with E-state index in [1.807, 2.05) is 7.85 Å². The summed E-state index contributed by atoms with van der Waals surface area (Å²) in [5.41, 5.74) is 0. The Morgan fingerprint density at radius 1 is 1.36 bits per heavy atom. The van der Waals surface area contributed by atoms with Crippen molar-refractivity contribution in [3.8, 4) is 0 Å². The maximum absolute atomic E-state index is 11.8. The van der Waals surface area contributed by atoms with Crippen LogP contribution < -0.4 is 5.32 Å². The summed E-state index contributed by atoms with van der Waals surface area (Å²) in [7, 11) is 1.32. The van der Waals surface area contributed by atoms with Crippen molar-refractivity contribution in [2.24, 2.45) is 0 Å². The molecule has 0 bridgehead atoms. The first-order valence-electron chi connectivity index (χ1n) is 9.15. The number of nitrogens with one attached hydrogen (secondary N) is 1. The molecule has 0 aromatic rings. The number of aliphatic hydroxyl groups is 1. The molecule has 0 radical (unpaired) electrons. The second-order valence-corrected chi connectivity index (χ2v) is 12.8. The van der Waals surface area contributed by atoms with Crippen LogP contribution in [0.25, 0.3) is 0 Å². The van der Waals surface area contributed by atoms with E-state index >= 15 is 0 Å². The first-order valence-corrected chi connectivity index (χ1v) is 11.6. The van der Waals surface area contributed by atoms with Gasteiger partial charge in [0.15, 0.2) is 8.32 Å². The third-order valence-electron chi connectivity index (χ3n) is 5.02. The van der Waals surface area contributed by atoms with Crippen molar-refractivity contribution in [1.82, 2.24) is 5.32 Å². The zero-order valence-corrected chi connectivity index (χ0v) is 17.4. The van der Waals surface area contributed by atoms with Gasteiger partial charge in [-0.2, -0.15) is 0 Å². The van der Waals surface area contributed by atoms with Crippen LogP contribution >= 0.6 is 0 Å². The monoisotopic (exact) mass is 374 g/mol. The molecule has 0 saturated carbocycles. The number of esters is 1. The van der Waals surface area contributed by atoms with Crippen molar-refractivity contribution >= 4 is 28.0 Å². The molecule has 0 aromatic carbocycles. The van der Waals surface area contributed by atoms with Gasteiger partial charge in [-0.25, -0.2) is 0 Å². The van der Waals surface area contributed by atoms with Crippen LogP contribution in [0, 0.1) is 0 Å². The Labute approximate surface area is 153 Å². The third kappa shape index (κ3) is 6.09. The maximum Gasteiger partial charge on any atom is 0.306 e. The van der Waals surface area contributed by atoms with Crippen LogP contribution in [0.15, 0.2) is 0 Å². The summed E-state index contributed by atoms with van der Waals surface area (Å²) in [6.07, 6.45) is -1.51. The first-order chi connectivity index (χ1) is 11.9. The summed E-state index contributed by atoms with van der Waals surface area (Å²) in [6.45, 7) is 10.7. The molecule has 1 rings (SSSR count). The van der Waals surface area contributed by atoms with Crippen LogP contribution in [-0.2, 0) is 23.5 Å². The Balaban J connectivity index is 2.64. The van der Waals surface area contributed by atoms with Gasteiger partial charge in [0.1, 0.15) is 26.7 Å². The third-order valence-corrected chi connectivity index (χ3v) is 9.50. The highest BCUT2D eigenvalue weighted by Crippen LogP contribution is 2.39. The second kappa shape index (κ2) is 8.66. The minimum absolute atomic E-state index is 0.00174. The van der Waals surface area contributed by atoms with Crippen molar-refractivity contribution in [3.05, 3.63) is 0 Å². The number of carbonyl (C=O) groups excluding carboxylic acids is 2. The molecule has 25 heavy (non-hydrogen) atoms. The normalized spacial score (nSPS) is 27.7. The Morgan fingerprint density at radius 2 is 2.00 bits per heavy atom. The van der Waals surface area contributed by atoms with Gasteiger partial charge in [0.2, 0.25) is 7.34 Å². The Morgan fingerprint density at radius 3 is 2.52 bits per heavy atom. The maximum atomic E-state index is 11.8. The molecule has 9 heteroatoms. The average molecular weight is 374 g/mol. The molecule has 2 N–H and O–H groups in total. The predicted molar refractivity (Wildman–Crippen MR) is 99.5 cm³/mol. The lowest BCUT2D eigenvalue weighted by Crippen LogP contribution is -2.49. The van der Waals surface area contributed by atoms with E-state index in [1.54, 1.807) is 0 Å². The van der Waals surface area contributed by atoms with Crippen LogP contribution in [0.4, 0.5) is 0 Å². The minimum atomic E-state index is -2.07. The van der Waals surface area contributed by atoms with Gasteiger partial charge in [-0.3, -0.25) is 9.59 Å². The lowest BCUT2D eigenvalue weighted by Gasteiger charge is -2.39. The number of rotatable bonds is 8. The minimum Gasteiger partial charge on any atom is -0.463 e. The lowest BCUT2D eigenvalue weighted by molar-refractivity contribution is -0.149. The second-order valence-electron chi connectivity index (χ2n) is 8.04. The van der Waals surface area contributed by atoms with Gasteiger partial charge in [0.25, 0.3) is 0 Å². The molecule has 4 atom stereocenters. The molecular formula is C16H32BNO6Si. The molecule has 1 aliphatic rings. The number of amides is 1. The molecule has 1 unspecified atom stereocenters. The van der Waals surface area contributed by atoms with Crippen molar-refractivity contribution < 1.29 is 28.6 Å². The standard InChI is InChI=1S/C16H32BNO6Si/c1-16(2,3)25(5,6)24-14-13(21)10(23-15(14)17)9-22-12(20)8-7-11(19)18-4/h10,13-15,21H,7-9,17H2,1-6H3,(H,18,19)/t10-,13+,14?,15-/m1/s1/i21D. The van der Waals surface area contributed by atoms with E-state index in [-0.39, 0.29) is 42.5 Å². The van der Waals surface area contributed by atoms with E-state index in [1.165, 1.54) is 7.05 Å². The summed E-state index contributed by atoms with van der Waals surface area (Å²) in [5, 5.41) is 7.35. The smallest absolute Gasteiger partial charge is 0.306 e. The van der Waals surface area contributed by atoms with Gasteiger partial charge in [0, 0.05) is 13.5 Å². The Hall–Kier alpha value is -0.898. The summed E-state index contributed by atoms with van der Waals surface area (Å²) in [6, 6.07) is -0.269. The highest BCUT2D eigenvalue weighted by molar-refractivity contribution is 6.74. The quantitative estimate of drug-likeness (QED) is 0.465. The van der Waals surface area contributed by atoms with Crippen molar-refractivity contribution in [1.29, 1.82) is 1.43 Å². The molecule has 1 amide bonds. The zero-order valence-electron chi connectivity index (χ0n) is 17.4. The molecule has 1 heterocycles. The molecule has 7 nitrogen and oxygen atoms in total. The number of hydrogen-bond acceptors (Lipinski definition) is 6. The van der Waals surface area contributed by atoms with Crippen LogP contribution in [0.3, 0.4) is 0 Å². The van der Waals surface area contributed by atoms with Crippen LogP contribution in [0.1, 0.15) is 33.6 Å². The van der Waals surface area contributed by atoms with Crippen LogP contribution in [0.2, 0.25) is 18.1 Å². The molecular weight excluding hydrogens is 341 g/mol. The highest BCUT2D eigenvalue weighted by Gasteiger charge is 2.48. The summed E-state index contributed by atoms with van der Waals surface area (Å²) >= 11 is 0. The number of ether oxygens (including phenoxy) is 2. The topological polar surface area (TPSA) is 94.1 Å². The fraction of sp³-hybridized carbons (Fsp3) is 0.875. The molecule has 1 saturated heterocycles. The van der Waals surface area contributed by atoms with Gasteiger partial charge in [-0.1, -0.05) is 20.8 Å². The molecule has 144 valence electrons. The average Bonchev–Trinajstić information content (AvgIpc) is 2.84.